The highest BCUT2D eigenvalue weighted by Crippen LogP contribution is 2.18. The molecule has 0 aliphatic carbocycles. The van der Waals surface area contributed by atoms with Gasteiger partial charge in [-0.1, -0.05) is 0 Å². The Morgan fingerprint density at radius 2 is 2.18 bits per heavy atom. The lowest BCUT2D eigenvalue weighted by atomic mass is 10.6. The van der Waals surface area contributed by atoms with Gasteiger partial charge in [0.05, 0.1) is 0 Å². The molecule has 0 aromatic carbocycles. The lowest BCUT2D eigenvalue weighted by molar-refractivity contribution is -0.344. The van der Waals surface area contributed by atoms with Crippen LogP contribution in [0.3, 0.4) is 0 Å². The molecule has 0 amide bonds. The monoisotopic (exact) mass is 166 g/mol. The quantitative estimate of drug-likeness (QED) is 0.630. The van der Waals surface area contributed by atoms with Gasteiger partial charge in [-0.15, -0.1) is 13.2 Å². The van der Waals surface area contributed by atoms with Crippen molar-refractivity contribution in [1.29, 1.82) is 0 Å². The Morgan fingerprint density at radius 3 is 2.64 bits per heavy atom. The molecule has 0 radical (unpaired) electrons. The van der Waals surface area contributed by atoms with E-state index >= 15 is 0 Å². The zero-order valence-electron chi connectivity index (χ0n) is 5.30. The van der Waals surface area contributed by atoms with E-state index < -0.39 is 12.7 Å². The number of rotatable bonds is 1. The Hall–Kier alpha value is -1.04. The minimum Gasteiger partial charge on any atom is -0.347 e. The van der Waals surface area contributed by atoms with Crippen molar-refractivity contribution in [2.24, 2.45) is 4.99 Å². The molecule has 0 saturated carbocycles. The summed E-state index contributed by atoms with van der Waals surface area (Å²) in [4.78, 5) is 3.35. The summed E-state index contributed by atoms with van der Waals surface area (Å²) in [6, 6.07) is 0. The predicted octanol–water partition coefficient (Wildman–Crippen LogP) is 0.994. The second kappa shape index (κ2) is 2.91. The molecule has 0 saturated heterocycles. The maximum atomic E-state index is 11.5. The predicted molar refractivity (Wildman–Crippen MR) is 31.7 cm³/mol. The summed E-state index contributed by atoms with van der Waals surface area (Å²) in [6.45, 7) is 0. The van der Waals surface area contributed by atoms with E-state index in [4.69, 9.17) is 0 Å². The molecule has 0 spiro atoms. The van der Waals surface area contributed by atoms with Crippen molar-refractivity contribution in [3.63, 3.8) is 0 Å². The highest BCUT2D eigenvalue weighted by Gasteiger charge is 2.33. The third kappa shape index (κ3) is 3.03. The molecule has 1 heterocycles. The van der Waals surface area contributed by atoms with Crippen LogP contribution in [0.25, 0.3) is 0 Å². The molecule has 1 aliphatic rings. The SMILES string of the molecule is FC(F)(F)OC1N=CC=CN1. The highest BCUT2D eigenvalue weighted by atomic mass is 19.4. The summed E-state index contributed by atoms with van der Waals surface area (Å²) >= 11 is 0. The first kappa shape index (κ1) is 8.06. The molecule has 0 aromatic rings. The fourth-order valence-electron chi connectivity index (χ4n) is 0.543. The Bertz CT molecular complexity index is 187. The molecular weight excluding hydrogens is 161 g/mol. The zero-order valence-corrected chi connectivity index (χ0v) is 5.30. The van der Waals surface area contributed by atoms with Crippen LogP contribution >= 0.6 is 0 Å². The number of nitrogens with zero attached hydrogens (tertiary/aromatic N) is 1. The molecule has 1 rings (SSSR count). The van der Waals surface area contributed by atoms with Crippen molar-refractivity contribution < 1.29 is 17.9 Å². The first-order valence-corrected chi connectivity index (χ1v) is 2.77. The topological polar surface area (TPSA) is 33.6 Å². The number of allylic oxidation sites excluding steroid dienone is 1. The van der Waals surface area contributed by atoms with Crippen molar-refractivity contribution in [2.45, 2.75) is 12.7 Å². The van der Waals surface area contributed by atoms with E-state index in [1.54, 1.807) is 0 Å². The zero-order chi connectivity index (χ0) is 8.32. The standard InChI is InChI=1S/C5H5F3N2O/c6-5(7,8)11-4-9-2-1-3-10-4/h1-4,9H. The van der Waals surface area contributed by atoms with Gasteiger partial charge in [-0.3, -0.25) is 0 Å². The lowest BCUT2D eigenvalue weighted by Crippen LogP contribution is -2.33. The molecular formula is C5H5F3N2O. The molecule has 6 heteroatoms. The van der Waals surface area contributed by atoms with Gasteiger partial charge >= 0.3 is 6.36 Å². The Labute approximate surface area is 60.6 Å². The largest absolute Gasteiger partial charge is 0.525 e. The van der Waals surface area contributed by atoms with Crippen molar-refractivity contribution in [3.8, 4) is 0 Å². The number of ether oxygens (including phenoxy) is 1. The van der Waals surface area contributed by atoms with Gasteiger partial charge < -0.3 is 5.32 Å². The van der Waals surface area contributed by atoms with Crippen molar-refractivity contribution in [1.82, 2.24) is 5.32 Å². The van der Waals surface area contributed by atoms with Crippen LogP contribution in [0.4, 0.5) is 13.2 Å². The molecule has 11 heavy (non-hydrogen) atoms. The number of halogens is 3. The fraction of sp³-hybridized carbons (Fsp3) is 0.400. The molecule has 0 fully saturated rings. The van der Waals surface area contributed by atoms with Gasteiger partial charge in [-0.2, -0.15) is 0 Å². The minimum atomic E-state index is -4.65. The molecule has 3 nitrogen and oxygen atoms in total. The second-order valence-electron chi connectivity index (χ2n) is 1.74. The summed E-state index contributed by atoms with van der Waals surface area (Å²) < 4.78 is 38.0. The molecule has 1 atom stereocenters. The summed E-state index contributed by atoms with van der Waals surface area (Å²) in [7, 11) is 0. The van der Waals surface area contributed by atoms with Crippen LogP contribution in [0.5, 0.6) is 0 Å². The third-order valence-electron chi connectivity index (χ3n) is 0.888. The van der Waals surface area contributed by atoms with Crippen LogP contribution in [0.2, 0.25) is 0 Å². The average molecular weight is 166 g/mol. The van der Waals surface area contributed by atoms with E-state index in [0.717, 1.165) is 0 Å². The van der Waals surface area contributed by atoms with Gasteiger partial charge in [0.25, 0.3) is 0 Å². The third-order valence-corrected chi connectivity index (χ3v) is 0.888. The number of hydrogen-bond donors (Lipinski definition) is 1. The van der Waals surface area contributed by atoms with E-state index in [1.165, 1.54) is 18.5 Å². The van der Waals surface area contributed by atoms with Crippen molar-refractivity contribution in [3.05, 3.63) is 12.3 Å². The van der Waals surface area contributed by atoms with Crippen molar-refractivity contribution >= 4 is 6.21 Å². The summed E-state index contributed by atoms with van der Waals surface area (Å²) in [5.41, 5.74) is 0. The number of nitrogens with one attached hydrogen (secondary N) is 1. The Morgan fingerprint density at radius 1 is 1.45 bits per heavy atom. The molecule has 0 bridgehead atoms. The lowest BCUT2D eigenvalue weighted by Gasteiger charge is -2.16. The first-order valence-electron chi connectivity index (χ1n) is 2.77. The molecule has 62 valence electrons. The van der Waals surface area contributed by atoms with Gasteiger partial charge in [-0.25, -0.2) is 9.73 Å². The summed E-state index contributed by atoms with van der Waals surface area (Å²) in [5.74, 6) is 0. The van der Waals surface area contributed by atoms with Crippen LogP contribution in [-0.2, 0) is 4.74 Å². The number of alkyl halides is 3. The second-order valence-corrected chi connectivity index (χ2v) is 1.74. The highest BCUT2D eigenvalue weighted by molar-refractivity contribution is 5.71. The van der Waals surface area contributed by atoms with E-state index in [-0.39, 0.29) is 0 Å². The van der Waals surface area contributed by atoms with Gasteiger partial charge in [0.2, 0.25) is 6.35 Å². The number of aliphatic imine (C=N–C) groups is 1. The maximum absolute atomic E-state index is 11.5. The Balaban J connectivity index is 2.39. The van der Waals surface area contributed by atoms with E-state index in [1.807, 2.05) is 0 Å². The molecule has 1 unspecified atom stereocenters. The van der Waals surface area contributed by atoms with Crippen LogP contribution in [0, 0.1) is 0 Å². The van der Waals surface area contributed by atoms with E-state index in [9.17, 15) is 13.2 Å². The number of hydrogen-bond acceptors (Lipinski definition) is 3. The van der Waals surface area contributed by atoms with Gasteiger partial charge in [-0.05, 0) is 6.08 Å². The maximum Gasteiger partial charge on any atom is 0.525 e. The smallest absolute Gasteiger partial charge is 0.347 e. The first-order chi connectivity index (χ1) is 5.08. The summed E-state index contributed by atoms with van der Waals surface area (Å²) in [5, 5.41) is 2.25. The fourth-order valence-corrected chi connectivity index (χ4v) is 0.543. The van der Waals surface area contributed by atoms with Crippen molar-refractivity contribution in [2.75, 3.05) is 0 Å². The van der Waals surface area contributed by atoms with Crippen LogP contribution in [-0.4, -0.2) is 18.9 Å². The van der Waals surface area contributed by atoms with Gasteiger partial charge in [0.1, 0.15) is 0 Å². The summed E-state index contributed by atoms with van der Waals surface area (Å²) in [6.07, 6.45) is -1.98. The Kier molecular flexibility index (Phi) is 2.13. The van der Waals surface area contributed by atoms with E-state index in [0.29, 0.717) is 0 Å². The normalized spacial score (nSPS) is 23.4. The average Bonchev–Trinajstić information content (AvgIpc) is 1.85. The van der Waals surface area contributed by atoms with Crippen LogP contribution < -0.4 is 5.32 Å². The van der Waals surface area contributed by atoms with Gasteiger partial charge in [0.15, 0.2) is 0 Å². The molecule has 1 N–H and O–H groups in total. The minimum absolute atomic E-state index is 1.23. The van der Waals surface area contributed by atoms with Gasteiger partial charge in [0, 0.05) is 12.4 Å². The molecule has 0 aromatic heterocycles. The molecule has 1 aliphatic heterocycles. The van der Waals surface area contributed by atoms with Crippen LogP contribution in [0.1, 0.15) is 0 Å². The van der Waals surface area contributed by atoms with Crippen LogP contribution in [0.15, 0.2) is 17.3 Å². The van der Waals surface area contributed by atoms with E-state index in [2.05, 4.69) is 15.0 Å².